The van der Waals surface area contributed by atoms with Crippen LogP contribution in [-0.2, 0) is 22.6 Å². The van der Waals surface area contributed by atoms with Crippen molar-refractivity contribution in [3.05, 3.63) is 70.3 Å². The zero-order chi connectivity index (χ0) is 23.2. The highest BCUT2D eigenvalue weighted by molar-refractivity contribution is 5.95. The van der Waals surface area contributed by atoms with Gasteiger partial charge in [-0.2, -0.15) is 0 Å². The Balaban J connectivity index is 1.35. The summed E-state index contributed by atoms with van der Waals surface area (Å²) in [5.41, 5.74) is 5.28. The molecule has 6 heteroatoms. The average molecular weight is 450 g/mol. The molecule has 2 amide bonds. The van der Waals surface area contributed by atoms with Crippen LogP contribution in [0.1, 0.15) is 45.5 Å². The monoisotopic (exact) mass is 449 g/mol. The maximum absolute atomic E-state index is 13.1. The highest BCUT2D eigenvalue weighted by atomic mass is 16.5. The number of nitrogens with one attached hydrogen (secondary N) is 1. The Hall–Kier alpha value is -2.70. The number of nitrogens with zero attached hydrogens (tertiary/aromatic N) is 2. The minimum Gasteiger partial charge on any atom is -0.379 e. The van der Waals surface area contributed by atoms with Gasteiger partial charge in [-0.25, -0.2) is 0 Å². The molecule has 2 aliphatic rings. The summed E-state index contributed by atoms with van der Waals surface area (Å²) >= 11 is 0. The molecule has 2 heterocycles. The Morgan fingerprint density at radius 3 is 2.42 bits per heavy atom. The third kappa shape index (κ3) is 6.21. The van der Waals surface area contributed by atoms with Gasteiger partial charge < -0.3 is 15.0 Å². The van der Waals surface area contributed by atoms with Crippen molar-refractivity contribution in [2.75, 3.05) is 39.4 Å². The minimum absolute atomic E-state index is 0.0233. The summed E-state index contributed by atoms with van der Waals surface area (Å²) in [4.78, 5) is 30.3. The lowest BCUT2D eigenvalue weighted by molar-refractivity contribution is -0.126. The van der Waals surface area contributed by atoms with E-state index in [4.69, 9.17) is 4.74 Å². The van der Waals surface area contributed by atoms with Gasteiger partial charge in [-0.15, -0.1) is 0 Å². The van der Waals surface area contributed by atoms with Crippen LogP contribution < -0.4 is 5.32 Å². The molecule has 0 saturated carbocycles. The molecule has 1 unspecified atom stereocenters. The molecule has 176 valence electrons. The number of amides is 2. The second kappa shape index (κ2) is 10.9. The van der Waals surface area contributed by atoms with Crippen LogP contribution >= 0.6 is 0 Å². The van der Waals surface area contributed by atoms with Gasteiger partial charge in [-0.3, -0.25) is 14.5 Å². The van der Waals surface area contributed by atoms with Crippen LogP contribution in [-0.4, -0.2) is 61.0 Å². The summed E-state index contributed by atoms with van der Waals surface area (Å²) in [6.07, 6.45) is 1.67. The number of carbonyl (C=O) groups excluding carboxylic acids is 2. The summed E-state index contributed by atoms with van der Waals surface area (Å²) in [7, 11) is 0. The van der Waals surface area contributed by atoms with E-state index >= 15 is 0 Å². The zero-order valence-corrected chi connectivity index (χ0v) is 19.8. The lowest BCUT2D eigenvalue weighted by Crippen LogP contribution is -2.45. The predicted molar refractivity (Wildman–Crippen MR) is 129 cm³/mol. The van der Waals surface area contributed by atoms with Crippen LogP contribution in [0.4, 0.5) is 0 Å². The van der Waals surface area contributed by atoms with Gasteiger partial charge in [0, 0.05) is 44.8 Å². The van der Waals surface area contributed by atoms with Crippen molar-refractivity contribution in [2.45, 2.75) is 39.8 Å². The number of aryl methyl sites for hydroxylation is 2. The van der Waals surface area contributed by atoms with Crippen LogP contribution in [0, 0.1) is 19.8 Å². The smallest absolute Gasteiger partial charge is 0.253 e. The molecule has 2 aromatic rings. The Morgan fingerprint density at radius 2 is 1.70 bits per heavy atom. The van der Waals surface area contributed by atoms with E-state index in [0.29, 0.717) is 25.2 Å². The lowest BCUT2D eigenvalue weighted by atomic mass is 9.95. The van der Waals surface area contributed by atoms with E-state index in [1.165, 1.54) is 5.56 Å². The summed E-state index contributed by atoms with van der Waals surface area (Å²) in [5.74, 6) is -0.107. The van der Waals surface area contributed by atoms with E-state index in [1.807, 2.05) is 36.9 Å². The van der Waals surface area contributed by atoms with E-state index in [2.05, 4.69) is 34.5 Å². The third-order valence-corrected chi connectivity index (χ3v) is 6.62. The van der Waals surface area contributed by atoms with Crippen molar-refractivity contribution in [1.82, 2.24) is 15.1 Å². The van der Waals surface area contributed by atoms with Gasteiger partial charge in [0.05, 0.1) is 19.1 Å². The molecule has 2 fully saturated rings. The number of carbonyl (C=O) groups is 2. The first-order chi connectivity index (χ1) is 16.0. The Morgan fingerprint density at radius 1 is 1.00 bits per heavy atom. The number of rotatable bonds is 6. The quantitative estimate of drug-likeness (QED) is 0.735. The lowest BCUT2D eigenvalue weighted by Gasteiger charge is -2.32. The van der Waals surface area contributed by atoms with E-state index in [1.54, 1.807) is 0 Å². The topological polar surface area (TPSA) is 61.9 Å². The van der Waals surface area contributed by atoms with Crippen LogP contribution in [0.25, 0.3) is 0 Å². The molecular formula is C27H35N3O3. The van der Waals surface area contributed by atoms with Gasteiger partial charge in [-0.1, -0.05) is 41.5 Å². The number of hydrogen-bond donors (Lipinski definition) is 1. The van der Waals surface area contributed by atoms with Crippen molar-refractivity contribution < 1.29 is 14.3 Å². The summed E-state index contributed by atoms with van der Waals surface area (Å²) in [5, 5.41) is 3.14. The second-order valence-corrected chi connectivity index (χ2v) is 9.34. The largest absolute Gasteiger partial charge is 0.379 e. The molecule has 2 saturated heterocycles. The number of benzene rings is 2. The van der Waals surface area contributed by atoms with Gasteiger partial charge in [-0.05, 0) is 49.9 Å². The number of ether oxygens (including phenoxy) is 1. The summed E-state index contributed by atoms with van der Waals surface area (Å²) in [6, 6.07) is 14.2. The fourth-order valence-corrected chi connectivity index (χ4v) is 4.87. The van der Waals surface area contributed by atoms with E-state index in [-0.39, 0.29) is 17.7 Å². The van der Waals surface area contributed by atoms with Crippen molar-refractivity contribution in [2.24, 2.45) is 5.92 Å². The van der Waals surface area contributed by atoms with Crippen LogP contribution in [0.15, 0.2) is 42.5 Å². The summed E-state index contributed by atoms with van der Waals surface area (Å²) in [6.45, 7) is 10.0. The molecule has 2 aromatic carbocycles. The van der Waals surface area contributed by atoms with E-state index in [9.17, 15) is 9.59 Å². The first-order valence-electron chi connectivity index (χ1n) is 12.0. The van der Waals surface area contributed by atoms with E-state index < -0.39 is 0 Å². The van der Waals surface area contributed by atoms with Gasteiger partial charge in [0.1, 0.15) is 0 Å². The fourth-order valence-electron chi connectivity index (χ4n) is 4.87. The molecular weight excluding hydrogens is 414 g/mol. The first kappa shape index (κ1) is 23.5. The first-order valence-corrected chi connectivity index (χ1v) is 12.0. The predicted octanol–water partition coefficient (Wildman–Crippen LogP) is 3.30. The van der Waals surface area contributed by atoms with Crippen LogP contribution in [0.3, 0.4) is 0 Å². The maximum atomic E-state index is 13.1. The Bertz CT molecular complexity index is 964. The minimum atomic E-state index is -0.167. The maximum Gasteiger partial charge on any atom is 0.253 e. The number of morpholine rings is 1. The summed E-state index contributed by atoms with van der Waals surface area (Å²) < 4.78 is 5.45. The molecule has 1 atom stereocenters. The molecule has 0 aromatic heterocycles. The van der Waals surface area contributed by atoms with Gasteiger partial charge >= 0.3 is 0 Å². The van der Waals surface area contributed by atoms with Crippen molar-refractivity contribution in [3.8, 4) is 0 Å². The molecule has 0 spiro atoms. The van der Waals surface area contributed by atoms with Gasteiger partial charge in [0.2, 0.25) is 5.91 Å². The van der Waals surface area contributed by atoms with Crippen molar-refractivity contribution in [1.29, 1.82) is 0 Å². The molecule has 1 N–H and O–H groups in total. The molecule has 4 rings (SSSR count). The highest BCUT2D eigenvalue weighted by Crippen LogP contribution is 2.21. The Labute approximate surface area is 196 Å². The number of piperidine rings is 1. The SMILES string of the molecule is Cc1cc(C)cc(C(=O)N2CCCC(C(=O)NCc3ccccc3CN3CCOCC3)C2)c1. The number of hydrogen-bond acceptors (Lipinski definition) is 4. The molecule has 2 aliphatic heterocycles. The van der Waals surface area contributed by atoms with Crippen molar-refractivity contribution in [3.63, 3.8) is 0 Å². The average Bonchev–Trinajstić information content (AvgIpc) is 2.83. The molecule has 0 aliphatic carbocycles. The van der Waals surface area contributed by atoms with Crippen LogP contribution in [0.5, 0.6) is 0 Å². The Kier molecular flexibility index (Phi) is 7.78. The molecule has 0 bridgehead atoms. The third-order valence-electron chi connectivity index (χ3n) is 6.62. The fraction of sp³-hybridized carbons (Fsp3) is 0.481. The second-order valence-electron chi connectivity index (χ2n) is 9.34. The van der Waals surface area contributed by atoms with Gasteiger partial charge in [0.25, 0.3) is 5.91 Å². The van der Waals surface area contributed by atoms with Crippen molar-refractivity contribution >= 4 is 11.8 Å². The number of likely N-dealkylation sites (tertiary alicyclic amines) is 1. The van der Waals surface area contributed by atoms with Gasteiger partial charge in [0.15, 0.2) is 0 Å². The molecule has 0 radical (unpaired) electrons. The zero-order valence-electron chi connectivity index (χ0n) is 19.8. The van der Waals surface area contributed by atoms with E-state index in [0.717, 1.165) is 62.4 Å². The standard InChI is InChI=1S/C27H35N3O3/c1-20-14-21(2)16-25(15-20)27(32)30-9-5-8-24(19-30)26(31)28-17-22-6-3-4-7-23(22)18-29-10-12-33-13-11-29/h3-4,6-7,14-16,24H,5,8-13,17-19H2,1-2H3,(H,28,31). The van der Waals surface area contributed by atoms with Crippen LogP contribution in [0.2, 0.25) is 0 Å². The molecule has 6 nitrogen and oxygen atoms in total. The normalized spacial score (nSPS) is 19.3. The highest BCUT2D eigenvalue weighted by Gasteiger charge is 2.29. The molecule has 33 heavy (non-hydrogen) atoms.